The van der Waals surface area contributed by atoms with Crippen molar-refractivity contribution in [3.8, 4) is 23.3 Å². The van der Waals surface area contributed by atoms with Crippen LogP contribution in [-0.4, -0.2) is 26.1 Å². The number of nitrogens with zero attached hydrogens (tertiary/aromatic N) is 1. The zero-order valence-electron chi connectivity index (χ0n) is 15.6. The van der Waals surface area contributed by atoms with Crippen molar-refractivity contribution in [2.75, 3.05) is 14.2 Å². The minimum absolute atomic E-state index is 0.189. The molecule has 0 fully saturated rings. The molecule has 28 heavy (non-hydrogen) atoms. The maximum absolute atomic E-state index is 12.2. The summed E-state index contributed by atoms with van der Waals surface area (Å²) in [5.41, 5.74) is 6.44. The second kappa shape index (κ2) is 9.78. The van der Waals surface area contributed by atoms with Crippen LogP contribution in [0.5, 0.6) is 17.2 Å². The Morgan fingerprint density at radius 3 is 2.36 bits per heavy atom. The van der Waals surface area contributed by atoms with Crippen LogP contribution in [0.2, 0.25) is 0 Å². The number of hydrogen-bond acceptors (Lipinski definition) is 6. The topological polar surface area (TPSA) is 112 Å². The van der Waals surface area contributed by atoms with Crippen molar-refractivity contribution in [2.45, 2.75) is 12.8 Å². The summed E-state index contributed by atoms with van der Waals surface area (Å²) in [5.74, 6) is 0.0640. The molecule has 0 atom stereocenters. The van der Waals surface area contributed by atoms with Crippen LogP contribution in [0.25, 0.3) is 6.08 Å². The first kappa shape index (κ1) is 20.5. The quantitative estimate of drug-likeness (QED) is 0.326. The fourth-order valence-corrected chi connectivity index (χ4v) is 2.40. The number of carbonyl (C=O) groups excluding carboxylic acids is 2. The number of benzene rings is 2. The Morgan fingerprint density at radius 1 is 1.07 bits per heavy atom. The summed E-state index contributed by atoms with van der Waals surface area (Å²) in [7, 11) is 3.02. The van der Waals surface area contributed by atoms with Gasteiger partial charge in [0.05, 0.1) is 14.2 Å². The largest absolute Gasteiger partial charge is 0.497 e. The molecule has 144 valence electrons. The molecule has 0 aliphatic heterocycles. The number of hydrogen-bond donors (Lipinski definition) is 1. The molecule has 2 aromatic rings. The van der Waals surface area contributed by atoms with E-state index in [0.29, 0.717) is 17.7 Å². The maximum atomic E-state index is 12.2. The van der Waals surface area contributed by atoms with Crippen LogP contribution in [0.1, 0.15) is 17.5 Å². The van der Waals surface area contributed by atoms with Crippen molar-refractivity contribution < 1.29 is 23.8 Å². The van der Waals surface area contributed by atoms with Crippen molar-refractivity contribution in [1.82, 2.24) is 0 Å². The molecule has 0 bridgehead atoms. The van der Waals surface area contributed by atoms with Crippen LogP contribution in [0.4, 0.5) is 0 Å². The number of primary amides is 1. The van der Waals surface area contributed by atoms with Gasteiger partial charge < -0.3 is 19.9 Å². The highest BCUT2D eigenvalue weighted by molar-refractivity contribution is 6.00. The van der Waals surface area contributed by atoms with E-state index in [1.54, 1.807) is 25.3 Å². The van der Waals surface area contributed by atoms with Gasteiger partial charge in [0.25, 0.3) is 5.91 Å². The summed E-state index contributed by atoms with van der Waals surface area (Å²) in [6, 6.07) is 13.8. The molecule has 0 saturated heterocycles. The van der Waals surface area contributed by atoms with Gasteiger partial charge in [-0.2, -0.15) is 5.26 Å². The molecule has 1 amide bonds. The molecule has 2 N–H and O–H groups in total. The van der Waals surface area contributed by atoms with E-state index in [2.05, 4.69) is 0 Å². The molecular weight excluding hydrogens is 360 g/mol. The molecule has 0 radical (unpaired) electrons. The third kappa shape index (κ3) is 5.61. The van der Waals surface area contributed by atoms with Gasteiger partial charge in [0.15, 0.2) is 11.5 Å². The first-order valence-electron chi connectivity index (χ1n) is 8.40. The predicted molar refractivity (Wildman–Crippen MR) is 103 cm³/mol. The molecule has 0 aromatic heterocycles. The van der Waals surface area contributed by atoms with Gasteiger partial charge in [-0.1, -0.05) is 18.2 Å². The SMILES string of the molecule is COc1ccc(CCC(=O)Oc2ccc(/C=C(\C#N)C(N)=O)cc2OC)cc1. The first-order chi connectivity index (χ1) is 13.5. The van der Waals surface area contributed by atoms with Crippen LogP contribution < -0.4 is 19.9 Å². The normalized spacial score (nSPS) is 10.7. The Hall–Kier alpha value is -3.79. The molecule has 7 nitrogen and oxygen atoms in total. The van der Waals surface area contributed by atoms with Gasteiger partial charge in [0.1, 0.15) is 17.4 Å². The number of amides is 1. The lowest BCUT2D eigenvalue weighted by molar-refractivity contribution is -0.134. The van der Waals surface area contributed by atoms with Gasteiger partial charge in [-0.25, -0.2) is 0 Å². The Labute approximate surface area is 162 Å². The van der Waals surface area contributed by atoms with Gasteiger partial charge in [0.2, 0.25) is 0 Å². The fraction of sp³-hybridized carbons (Fsp3) is 0.190. The molecule has 0 saturated carbocycles. The zero-order chi connectivity index (χ0) is 20.5. The second-order valence-electron chi connectivity index (χ2n) is 5.77. The summed E-state index contributed by atoms with van der Waals surface area (Å²) in [5, 5.41) is 8.91. The number of aryl methyl sites for hydroxylation is 1. The zero-order valence-corrected chi connectivity index (χ0v) is 15.6. The van der Waals surface area contributed by atoms with Gasteiger partial charge in [-0.05, 0) is 47.9 Å². The van der Waals surface area contributed by atoms with E-state index in [1.807, 2.05) is 24.3 Å². The highest BCUT2D eigenvalue weighted by Gasteiger charge is 2.12. The van der Waals surface area contributed by atoms with Crippen LogP contribution >= 0.6 is 0 Å². The van der Waals surface area contributed by atoms with Crippen LogP contribution in [0.15, 0.2) is 48.0 Å². The molecule has 2 rings (SSSR count). The number of nitriles is 1. The molecule has 0 aliphatic carbocycles. The Kier molecular flexibility index (Phi) is 7.17. The molecular formula is C21H20N2O5. The van der Waals surface area contributed by atoms with Crippen molar-refractivity contribution in [1.29, 1.82) is 5.26 Å². The Morgan fingerprint density at radius 2 is 1.79 bits per heavy atom. The molecule has 0 heterocycles. The fourth-order valence-electron chi connectivity index (χ4n) is 2.40. The standard InChI is InChI=1S/C21H20N2O5/c1-26-17-7-3-14(4-8-17)6-10-20(24)28-18-9-5-15(12-19(18)27-2)11-16(13-22)21(23)25/h3-5,7-9,11-12H,6,10H2,1-2H3,(H2,23,25)/b16-11+. The lowest BCUT2D eigenvalue weighted by atomic mass is 10.1. The Balaban J connectivity index is 2.05. The summed E-state index contributed by atoms with van der Waals surface area (Å²) in [4.78, 5) is 23.3. The monoisotopic (exact) mass is 380 g/mol. The lowest BCUT2D eigenvalue weighted by Crippen LogP contribution is -2.12. The summed E-state index contributed by atoms with van der Waals surface area (Å²) in [6.07, 6.45) is 2.05. The van der Waals surface area contributed by atoms with Gasteiger partial charge >= 0.3 is 5.97 Å². The smallest absolute Gasteiger partial charge is 0.311 e. The third-order valence-electron chi connectivity index (χ3n) is 3.89. The molecule has 0 spiro atoms. The Bertz CT molecular complexity index is 927. The van der Waals surface area contributed by atoms with Crippen molar-refractivity contribution in [2.24, 2.45) is 5.73 Å². The summed E-state index contributed by atoms with van der Waals surface area (Å²) < 4.78 is 15.7. The third-order valence-corrected chi connectivity index (χ3v) is 3.89. The number of nitrogens with two attached hydrogens (primary N) is 1. The van der Waals surface area contributed by atoms with Crippen molar-refractivity contribution >= 4 is 18.0 Å². The number of ether oxygens (including phenoxy) is 3. The lowest BCUT2D eigenvalue weighted by Gasteiger charge is -2.10. The summed E-state index contributed by atoms with van der Waals surface area (Å²) in [6.45, 7) is 0. The minimum atomic E-state index is -0.824. The molecule has 0 unspecified atom stereocenters. The highest BCUT2D eigenvalue weighted by atomic mass is 16.6. The number of esters is 1. The summed E-state index contributed by atoms with van der Waals surface area (Å²) >= 11 is 0. The van der Waals surface area contributed by atoms with Crippen molar-refractivity contribution in [3.05, 3.63) is 59.2 Å². The van der Waals surface area contributed by atoms with E-state index in [4.69, 9.17) is 25.2 Å². The molecule has 2 aromatic carbocycles. The van der Waals surface area contributed by atoms with Gasteiger partial charge in [0, 0.05) is 6.42 Å². The van der Waals surface area contributed by atoms with E-state index in [-0.39, 0.29) is 17.7 Å². The number of methoxy groups -OCH3 is 2. The number of rotatable bonds is 8. The molecule has 0 aliphatic rings. The van der Waals surface area contributed by atoms with Crippen LogP contribution in [0, 0.1) is 11.3 Å². The van der Waals surface area contributed by atoms with Gasteiger partial charge in [-0.15, -0.1) is 0 Å². The van der Waals surface area contributed by atoms with E-state index in [0.717, 1.165) is 11.3 Å². The maximum Gasteiger partial charge on any atom is 0.311 e. The second-order valence-corrected chi connectivity index (χ2v) is 5.77. The predicted octanol–water partition coefficient (Wildman–Crippen LogP) is 2.63. The van der Waals surface area contributed by atoms with E-state index in [9.17, 15) is 9.59 Å². The highest BCUT2D eigenvalue weighted by Crippen LogP contribution is 2.29. The van der Waals surface area contributed by atoms with E-state index in [1.165, 1.54) is 19.3 Å². The van der Waals surface area contributed by atoms with E-state index >= 15 is 0 Å². The minimum Gasteiger partial charge on any atom is -0.497 e. The average molecular weight is 380 g/mol. The first-order valence-corrected chi connectivity index (χ1v) is 8.40. The van der Waals surface area contributed by atoms with Crippen molar-refractivity contribution in [3.63, 3.8) is 0 Å². The molecule has 7 heteroatoms. The van der Waals surface area contributed by atoms with Crippen LogP contribution in [0.3, 0.4) is 0 Å². The van der Waals surface area contributed by atoms with Gasteiger partial charge in [-0.3, -0.25) is 9.59 Å². The van der Waals surface area contributed by atoms with E-state index < -0.39 is 11.9 Å². The van der Waals surface area contributed by atoms with Crippen LogP contribution in [-0.2, 0) is 16.0 Å². The number of carbonyl (C=O) groups is 2. The average Bonchev–Trinajstić information content (AvgIpc) is 2.71.